The summed E-state index contributed by atoms with van der Waals surface area (Å²) in [7, 11) is 3.27. The number of ether oxygens (including phenoxy) is 2. The SMILES string of the molecule is CNc1nc(SCc2cccnn2)c(C#N)c(-c2ccc(OCCOC)cn2)c1C#N. The second kappa shape index (κ2) is 10.9. The van der Waals surface area contributed by atoms with Gasteiger partial charge in [0, 0.05) is 31.7 Å². The predicted octanol–water partition coefficient (Wildman–Crippen LogP) is 3.04. The quantitative estimate of drug-likeness (QED) is 0.397. The highest BCUT2D eigenvalue weighted by Crippen LogP contribution is 2.36. The van der Waals surface area contributed by atoms with E-state index in [-0.39, 0.29) is 11.1 Å². The minimum atomic E-state index is 0.253. The van der Waals surface area contributed by atoms with E-state index in [9.17, 15) is 10.5 Å². The number of aromatic nitrogens is 4. The molecule has 0 fully saturated rings. The number of thioether (sulfide) groups is 1. The van der Waals surface area contributed by atoms with E-state index in [4.69, 9.17) is 9.47 Å². The Morgan fingerprint density at radius 2 is 1.97 bits per heavy atom. The van der Waals surface area contributed by atoms with Gasteiger partial charge < -0.3 is 14.8 Å². The van der Waals surface area contributed by atoms with Crippen LogP contribution in [0.2, 0.25) is 0 Å². The molecule has 0 spiro atoms. The summed E-state index contributed by atoms with van der Waals surface area (Å²) in [5.74, 6) is 1.42. The highest BCUT2D eigenvalue weighted by Gasteiger charge is 2.22. The summed E-state index contributed by atoms with van der Waals surface area (Å²) in [6.07, 6.45) is 3.15. The number of nitriles is 2. The van der Waals surface area contributed by atoms with Crippen LogP contribution in [0.4, 0.5) is 5.82 Å². The molecule has 3 aromatic rings. The Morgan fingerprint density at radius 1 is 1.13 bits per heavy atom. The first-order chi connectivity index (χ1) is 15.2. The number of pyridine rings is 2. The molecule has 0 saturated carbocycles. The van der Waals surface area contributed by atoms with Gasteiger partial charge in [0.25, 0.3) is 0 Å². The third-order valence-electron chi connectivity index (χ3n) is 4.16. The molecule has 0 unspecified atom stereocenters. The molecule has 0 bridgehead atoms. The maximum Gasteiger partial charge on any atom is 0.145 e. The lowest BCUT2D eigenvalue weighted by Gasteiger charge is -2.14. The molecule has 0 aliphatic carbocycles. The number of nitrogens with zero attached hydrogens (tertiary/aromatic N) is 6. The van der Waals surface area contributed by atoms with Crippen molar-refractivity contribution in [2.24, 2.45) is 0 Å². The van der Waals surface area contributed by atoms with Crippen molar-refractivity contribution in [3.63, 3.8) is 0 Å². The molecule has 0 aliphatic heterocycles. The van der Waals surface area contributed by atoms with Crippen LogP contribution in [0, 0.1) is 22.7 Å². The first kappa shape index (κ1) is 22.0. The zero-order chi connectivity index (χ0) is 22.1. The third kappa shape index (κ3) is 5.25. The number of hydrogen-bond donors (Lipinski definition) is 1. The summed E-state index contributed by atoms with van der Waals surface area (Å²) in [4.78, 5) is 8.92. The molecule has 31 heavy (non-hydrogen) atoms. The number of methoxy groups -OCH3 is 1. The van der Waals surface area contributed by atoms with E-state index in [2.05, 4.69) is 37.6 Å². The summed E-state index contributed by atoms with van der Waals surface area (Å²) >= 11 is 1.35. The topological polar surface area (TPSA) is 130 Å². The molecule has 0 radical (unpaired) electrons. The molecule has 1 N–H and O–H groups in total. The number of anilines is 1. The summed E-state index contributed by atoms with van der Waals surface area (Å²) in [6.45, 7) is 0.855. The fourth-order valence-electron chi connectivity index (χ4n) is 2.73. The number of nitrogens with one attached hydrogen (secondary N) is 1. The van der Waals surface area contributed by atoms with Gasteiger partial charge in [-0.2, -0.15) is 20.7 Å². The van der Waals surface area contributed by atoms with Gasteiger partial charge in [-0.3, -0.25) is 4.98 Å². The molecular weight excluding hydrogens is 414 g/mol. The summed E-state index contributed by atoms with van der Waals surface area (Å²) in [5, 5.41) is 31.0. The van der Waals surface area contributed by atoms with Crippen LogP contribution in [0.3, 0.4) is 0 Å². The number of rotatable bonds is 9. The van der Waals surface area contributed by atoms with Gasteiger partial charge in [0.2, 0.25) is 0 Å². The summed E-state index contributed by atoms with van der Waals surface area (Å²) in [5.41, 5.74) is 2.20. The monoisotopic (exact) mass is 433 g/mol. The van der Waals surface area contributed by atoms with Gasteiger partial charge in [-0.25, -0.2) is 4.98 Å². The van der Waals surface area contributed by atoms with Crippen molar-refractivity contribution < 1.29 is 9.47 Å². The summed E-state index contributed by atoms with van der Waals surface area (Å²) < 4.78 is 10.5. The Labute approximate surface area is 184 Å². The normalized spacial score (nSPS) is 10.2. The lowest BCUT2D eigenvalue weighted by atomic mass is 10.0. The molecule has 10 heteroatoms. The van der Waals surface area contributed by atoms with Crippen molar-refractivity contribution in [1.29, 1.82) is 10.5 Å². The van der Waals surface area contributed by atoms with Crippen molar-refractivity contribution in [2.75, 3.05) is 32.7 Å². The highest BCUT2D eigenvalue weighted by molar-refractivity contribution is 7.98. The van der Waals surface area contributed by atoms with Gasteiger partial charge in [0.1, 0.15) is 40.9 Å². The average Bonchev–Trinajstić information content (AvgIpc) is 2.82. The molecule has 0 amide bonds. The van der Waals surface area contributed by atoms with Gasteiger partial charge in [-0.1, -0.05) is 11.8 Å². The van der Waals surface area contributed by atoms with Crippen molar-refractivity contribution in [2.45, 2.75) is 10.8 Å². The number of hydrogen-bond acceptors (Lipinski definition) is 10. The largest absolute Gasteiger partial charge is 0.490 e. The average molecular weight is 433 g/mol. The van der Waals surface area contributed by atoms with Crippen LogP contribution < -0.4 is 10.1 Å². The van der Waals surface area contributed by atoms with Crippen LogP contribution >= 0.6 is 11.8 Å². The minimum Gasteiger partial charge on any atom is -0.490 e. The van der Waals surface area contributed by atoms with E-state index in [1.807, 2.05) is 6.07 Å². The molecule has 9 nitrogen and oxygen atoms in total. The Morgan fingerprint density at radius 3 is 2.58 bits per heavy atom. The van der Waals surface area contributed by atoms with Crippen LogP contribution in [0.25, 0.3) is 11.3 Å². The second-order valence-electron chi connectivity index (χ2n) is 6.09. The highest BCUT2D eigenvalue weighted by atomic mass is 32.2. The van der Waals surface area contributed by atoms with Crippen molar-refractivity contribution in [3.8, 4) is 29.1 Å². The molecule has 3 aromatic heterocycles. The van der Waals surface area contributed by atoms with Gasteiger partial charge >= 0.3 is 0 Å². The zero-order valence-electron chi connectivity index (χ0n) is 17.0. The molecule has 0 aliphatic rings. The van der Waals surface area contributed by atoms with E-state index in [0.717, 1.165) is 5.69 Å². The Kier molecular flexibility index (Phi) is 7.71. The van der Waals surface area contributed by atoms with Crippen molar-refractivity contribution >= 4 is 17.6 Å². The first-order valence-corrected chi connectivity index (χ1v) is 10.2. The van der Waals surface area contributed by atoms with E-state index in [1.54, 1.807) is 44.8 Å². The molecule has 156 valence electrons. The lowest BCUT2D eigenvalue weighted by molar-refractivity contribution is 0.146. The van der Waals surface area contributed by atoms with Crippen molar-refractivity contribution in [3.05, 3.63) is 53.5 Å². The van der Waals surface area contributed by atoms with Gasteiger partial charge in [0.15, 0.2) is 0 Å². The summed E-state index contributed by atoms with van der Waals surface area (Å²) in [6, 6.07) is 11.4. The Hall–Kier alpha value is -3.73. The standard InChI is InChI=1S/C21H19N7O2S/c1-24-20-16(10-22)19(18-6-5-15(12-25-18)30-9-8-29-2)17(11-23)21(27-20)31-13-14-4-3-7-26-28-14/h3-7,12H,8-9,13H2,1-2H3,(H,24,27). The smallest absolute Gasteiger partial charge is 0.145 e. The molecule has 3 heterocycles. The van der Waals surface area contributed by atoms with E-state index in [1.165, 1.54) is 11.8 Å². The minimum absolute atomic E-state index is 0.253. The maximum absolute atomic E-state index is 9.91. The van der Waals surface area contributed by atoms with Crippen molar-refractivity contribution in [1.82, 2.24) is 20.2 Å². The fourth-order valence-corrected chi connectivity index (χ4v) is 3.61. The second-order valence-corrected chi connectivity index (χ2v) is 7.05. The molecule has 0 saturated heterocycles. The lowest BCUT2D eigenvalue weighted by Crippen LogP contribution is -2.06. The van der Waals surface area contributed by atoms with Crippen LogP contribution in [0.15, 0.2) is 41.7 Å². The van der Waals surface area contributed by atoms with E-state index >= 15 is 0 Å². The van der Waals surface area contributed by atoms with Gasteiger partial charge in [0.05, 0.1) is 29.8 Å². The molecule has 3 rings (SSSR count). The van der Waals surface area contributed by atoms with Crippen LogP contribution in [0.1, 0.15) is 16.8 Å². The third-order valence-corrected chi connectivity index (χ3v) is 5.17. The zero-order valence-corrected chi connectivity index (χ0v) is 17.8. The van der Waals surface area contributed by atoms with Gasteiger partial charge in [-0.05, 0) is 24.3 Å². The van der Waals surface area contributed by atoms with Gasteiger partial charge in [-0.15, -0.1) is 0 Å². The van der Waals surface area contributed by atoms with E-state index < -0.39 is 0 Å². The van der Waals surface area contributed by atoms with E-state index in [0.29, 0.717) is 46.8 Å². The first-order valence-electron chi connectivity index (χ1n) is 9.25. The van der Waals surface area contributed by atoms with Crippen LogP contribution in [-0.2, 0) is 10.5 Å². The van der Waals surface area contributed by atoms with Crippen LogP contribution in [0.5, 0.6) is 5.75 Å². The maximum atomic E-state index is 9.91. The molecule has 0 aromatic carbocycles. The Balaban J connectivity index is 2.01. The molecular formula is C21H19N7O2S. The fraction of sp³-hybridized carbons (Fsp3) is 0.238. The Bertz CT molecular complexity index is 1110. The van der Waals surface area contributed by atoms with Crippen LogP contribution in [-0.4, -0.2) is 47.5 Å². The molecule has 0 atom stereocenters. The predicted molar refractivity (Wildman–Crippen MR) is 115 cm³/mol.